The second kappa shape index (κ2) is 10.4. The second-order valence-corrected chi connectivity index (χ2v) is 7.26. The minimum Gasteiger partial charge on any atom is -0.325 e. The molecule has 0 aliphatic heterocycles. The van der Waals surface area contributed by atoms with Crippen molar-refractivity contribution in [1.29, 1.82) is 0 Å². The number of thioether (sulfide) groups is 1. The van der Waals surface area contributed by atoms with E-state index in [2.05, 4.69) is 32.1 Å². The van der Waals surface area contributed by atoms with Crippen LogP contribution in [0.15, 0.2) is 53.0 Å². The fourth-order valence-electron chi connectivity index (χ4n) is 2.00. The third-order valence-corrected chi connectivity index (χ3v) is 4.64. The van der Waals surface area contributed by atoms with Crippen molar-refractivity contribution < 1.29 is 19.3 Å². The van der Waals surface area contributed by atoms with Gasteiger partial charge in [-0.2, -0.15) is 0 Å². The van der Waals surface area contributed by atoms with Crippen molar-refractivity contribution in [2.24, 2.45) is 0 Å². The minimum absolute atomic E-state index is 0.0375. The first-order valence-corrected chi connectivity index (χ1v) is 9.77. The molecule has 0 unspecified atom stereocenters. The highest BCUT2D eigenvalue weighted by atomic mass is 79.9. The van der Waals surface area contributed by atoms with E-state index >= 15 is 0 Å². The Hall–Kier alpha value is -2.92. The Kier molecular flexibility index (Phi) is 7.96. The van der Waals surface area contributed by atoms with E-state index in [4.69, 9.17) is 0 Å². The van der Waals surface area contributed by atoms with Crippen molar-refractivity contribution in [2.45, 2.75) is 0 Å². The molecule has 0 radical (unpaired) electrons. The Morgan fingerprint density at radius 1 is 1.00 bits per heavy atom. The normalized spacial score (nSPS) is 10.0. The van der Waals surface area contributed by atoms with Crippen LogP contribution in [0.4, 0.5) is 11.4 Å². The number of anilines is 1. The van der Waals surface area contributed by atoms with E-state index in [1.165, 1.54) is 18.2 Å². The molecule has 0 saturated carbocycles. The summed E-state index contributed by atoms with van der Waals surface area (Å²) < 4.78 is 0.830. The Morgan fingerprint density at radius 3 is 2.43 bits per heavy atom. The van der Waals surface area contributed by atoms with E-state index in [-0.39, 0.29) is 28.7 Å². The van der Waals surface area contributed by atoms with E-state index < -0.39 is 16.7 Å². The van der Waals surface area contributed by atoms with E-state index in [0.717, 1.165) is 22.3 Å². The average molecular weight is 467 g/mol. The summed E-state index contributed by atoms with van der Waals surface area (Å²) in [6, 6.07) is 12.2. The summed E-state index contributed by atoms with van der Waals surface area (Å²) in [5, 5.41) is 13.4. The van der Waals surface area contributed by atoms with E-state index in [0.29, 0.717) is 5.69 Å². The maximum atomic E-state index is 11.9. The van der Waals surface area contributed by atoms with Crippen LogP contribution in [-0.2, 0) is 9.59 Å². The summed E-state index contributed by atoms with van der Waals surface area (Å²) in [6.07, 6.45) is 0. The van der Waals surface area contributed by atoms with Crippen LogP contribution < -0.4 is 16.2 Å². The number of amides is 3. The van der Waals surface area contributed by atoms with Gasteiger partial charge in [0.1, 0.15) is 0 Å². The van der Waals surface area contributed by atoms with Crippen LogP contribution in [0.3, 0.4) is 0 Å². The van der Waals surface area contributed by atoms with E-state index in [9.17, 15) is 24.5 Å². The topological polar surface area (TPSA) is 130 Å². The number of nitro benzene ring substituents is 1. The van der Waals surface area contributed by atoms with Gasteiger partial charge in [0.2, 0.25) is 11.8 Å². The van der Waals surface area contributed by atoms with Gasteiger partial charge in [-0.3, -0.25) is 35.3 Å². The molecule has 3 N–H and O–H groups in total. The Bertz CT molecular complexity index is 909. The standard InChI is InChI=1S/C17H15BrN4O5S/c18-12-4-2-5-13(8-12)19-15(23)9-28-10-16(24)20-21-17(25)11-3-1-6-14(7-11)22(26)27/h1-8H,9-10H2,(H,19,23)(H,20,24)(H,21,25). The summed E-state index contributed by atoms with van der Waals surface area (Å²) in [5.74, 6) is -1.47. The Morgan fingerprint density at radius 2 is 1.71 bits per heavy atom. The van der Waals surface area contributed by atoms with E-state index in [1.807, 2.05) is 6.07 Å². The molecule has 11 heteroatoms. The third-order valence-electron chi connectivity index (χ3n) is 3.21. The molecule has 0 fully saturated rings. The zero-order chi connectivity index (χ0) is 20.5. The minimum atomic E-state index is -0.686. The molecule has 28 heavy (non-hydrogen) atoms. The monoisotopic (exact) mass is 466 g/mol. The number of hydrazine groups is 1. The largest absolute Gasteiger partial charge is 0.325 e. The molecular formula is C17H15BrN4O5S. The predicted molar refractivity (Wildman–Crippen MR) is 109 cm³/mol. The lowest BCUT2D eigenvalue weighted by Gasteiger charge is -2.08. The molecule has 0 saturated heterocycles. The fraction of sp³-hybridized carbons (Fsp3) is 0.118. The number of carbonyl (C=O) groups is 3. The number of non-ortho nitro benzene ring substituents is 1. The highest BCUT2D eigenvalue weighted by molar-refractivity contribution is 9.10. The van der Waals surface area contributed by atoms with Gasteiger partial charge < -0.3 is 5.32 Å². The third kappa shape index (κ3) is 7.00. The molecular weight excluding hydrogens is 452 g/mol. The van der Waals surface area contributed by atoms with E-state index in [1.54, 1.807) is 18.2 Å². The van der Waals surface area contributed by atoms with Gasteiger partial charge in [-0.05, 0) is 24.3 Å². The van der Waals surface area contributed by atoms with Crippen molar-refractivity contribution >= 4 is 56.8 Å². The smallest absolute Gasteiger partial charge is 0.270 e. The molecule has 0 spiro atoms. The van der Waals surface area contributed by atoms with Gasteiger partial charge in [0.25, 0.3) is 11.6 Å². The van der Waals surface area contributed by atoms with Crippen LogP contribution in [0, 0.1) is 10.1 Å². The maximum Gasteiger partial charge on any atom is 0.270 e. The van der Waals surface area contributed by atoms with Gasteiger partial charge >= 0.3 is 0 Å². The SMILES string of the molecule is O=C(CSCC(=O)Nc1cccc(Br)c1)NNC(=O)c1cccc([N+](=O)[O-])c1. The zero-order valence-electron chi connectivity index (χ0n) is 14.3. The maximum absolute atomic E-state index is 11.9. The molecule has 0 heterocycles. The van der Waals surface area contributed by atoms with Crippen molar-refractivity contribution in [2.75, 3.05) is 16.8 Å². The number of rotatable bonds is 7. The molecule has 9 nitrogen and oxygen atoms in total. The molecule has 0 aromatic heterocycles. The molecule has 0 aliphatic carbocycles. The predicted octanol–water partition coefficient (Wildman–Crippen LogP) is 2.49. The first-order valence-electron chi connectivity index (χ1n) is 7.82. The van der Waals surface area contributed by atoms with Gasteiger partial charge in [0, 0.05) is 27.9 Å². The molecule has 146 valence electrons. The number of carbonyl (C=O) groups excluding carboxylic acids is 3. The van der Waals surface area contributed by atoms with Gasteiger partial charge in [-0.25, -0.2) is 0 Å². The quantitative estimate of drug-likeness (QED) is 0.424. The van der Waals surface area contributed by atoms with Crippen LogP contribution in [-0.4, -0.2) is 34.2 Å². The number of halogens is 1. The summed E-state index contributed by atoms with van der Waals surface area (Å²) in [7, 11) is 0. The highest BCUT2D eigenvalue weighted by Gasteiger charge is 2.12. The van der Waals surface area contributed by atoms with Crippen molar-refractivity contribution in [3.8, 4) is 0 Å². The fourth-order valence-corrected chi connectivity index (χ4v) is 3.01. The van der Waals surface area contributed by atoms with Crippen molar-refractivity contribution in [1.82, 2.24) is 10.9 Å². The number of hydrogen-bond donors (Lipinski definition) is 3. The number of nitrogens with zero attached hydrogens (tertiary/aromatic N) is 1. The first kappa shape index (κ1) is 21.4. The summed E-state index contributed by atoms with van der Waals surface area (Å²) in [6.45, 7) is 0. The van der Waals surface area contributed by atoms with Crippen molar-refractivity contribution in [3.05, 3.63) is 68.7 Å². The molecule has 0 bridgehead atoms. The molecule has 3 amide bonds. The number of hydrogen-bond acceptors (Lipinski definition) is 6. The lowest BCUT2D eigenvalue weighted by molar-refractivity contribution is -0.384. The molecule has 0 atom stereocenters. The van der Waals surface area contributed by atoms with Gasteiger partial charge in [-0.1, -0.05) is 28.1 Å². The molecule has 2 aromatic rings. The lowest BCUT2D eigenvalue weighted by atomic mass is 10.2. The summed E-state index contributed by atoms with van der Waals surface area (Å²) >= 11 is 4.37. The lowest BCUT2D eigenvalue weighted by Crippen LogP contribution is -2.42. The Balaban J connectivity index is 1.71. The highest BCUT2D eigenvalue weighted by Crippen LogP contribution is 2.16. The average Bonchev–Trinajstić information content (AvgIpc) is 2.66. The van der Waals surface area contributed by atoms with Crippen LogP contribution in [0.1, 0.15) is 10.4 Å². The van der Waals surface area contributed by atoms with Crippen LogP contribution in [0.25, 0.3) is 0 Å². The number of benzene rings is 2. The molecule has 2 aromatic carbocycles. The second-order valence-electron chi connectivity index (χ2n) is 5.36. The van der Waals surface area contributed by atoms with Crippen LogP contribution in [0.2, 0.25) is 0 Å². The summed E-state index contributed by atoms with van der Waals surface area (Å²) in [4.78, 5) is 45.6. The molecule has 2 rings (SSSR count). The summed E-state index contributed by atoms with van der Waals surface area (Å²) in [5.41, 5.74) is 4.80. The number of nitrogens with one attached hydrogen (secondary N) is 3. The van der Waals surface area contributed by atoms with Gasteiger partial charge in [0.15, 0.2) is 0 Å². The van der Waals surface area contributed by atoms with Crippen molar-refractivity contribution in [3.63, 3.8) is 0 Å². The van der Waals surface area contributed by atoms with Gasteiger partial charge in [-0.15, -0.1) is 11.8 Å². The van der Waals surface area contributed by atoms with Crippen LogP contribution >= 0.6 is 27.7 Å². The Labute approximate surface area is 172 Å². The molecule has 0 aliphatic rings. The number of nitro groups is 1. The van der Waals surface area contributed by atoms with Crippen LogP contribution in [0.5, 0.6) is 0 Å². The van der Waals surface area contributed by atoms with Gasteiger partial charge in [0.05, 0.1) is 16.4 Å². The first-order chi connectivity index (χ1) is 13.3. The zero-order valence-corrected chi connectivity index (χ0v) is 16.7.